The van der Waals surface area contributed by atoms with E-state index in [1.54, 1.807) is 43.3 Å². The van der Waals surface area contributed by atoms with Gasteiger partial charge in [0, 0.05) is 21.2 Å². The molecule has 0 heterocycles. The van der Waals surface area contributed by atoms with Gasteiger partial charge in [-0.15, -0.1) is 0 Å². The maximum absolute atomic E-state index is 11.2. The van der Waals surface area contributed by atoms with Gasteiger partial charge in [0.2, 0.25) is 0 Å². The van der Waals surface area contributed by atoms with E-state index in [1.165, 1.54) is 6.92 Å². The SMILES string of the molecule is Cc1cc(Cl)cc(C(=NC(C)C(=O)O)c2ccc(Cl)cc2)c1O. The molecule has 0 aliphatic carbocycles. The molecule has 0 saturated carbocycles. The minimum absolute atomic E-state index is 0.0145. The summed E-state index contributed by atoms with van der Waals surface area (Å²) in [7, 11) is 0. The van der Waals surface area contributed by atoms with Crippen LogP contribution in [0.15, 0.2) is 41.4 Å². The average Bonchev–Trinajstić information content (AvgIpc) is 2.49. The Hall–Kier alpha value is -2.04. The second-order valence-corrected chi connectivity index (χ2v) is 5.99. The second-order valence-electron chi connectivity index (χ2n) is 5.12. The molecule has 0 bridgehead atoms. The van der Waals surface area contributed by atoms with Crippen molar-refractivity contribution in [2.75, 3.05) is 0 Å². The number of carbonyl (C=O) groups is 1. The van der Waals surface area contributed by atoms with Crippen molar-refractivity contribution in [3.63, 3.8) is 0 Å². The second kappa shape index (κ2) is 7.02. The maximum Gasteiger partial charge on any atom is 0.328 e. The van der Waals surface area contributed by atoms with Crippen molar-refractivity contribution >= 4 is 34.9 Å². The van der Waals surface area contributed by atoms with E-state index in [1.807, 2.05) is 0 Å². The molecule has 0 fully saturated rings. The number of phenolic OH excluding ortho intramolecular Hbond substituents is 1. The Morgan fingerprint density at radius 2 is 1.74 bits per heavy atom. The molecule has 0 aliphatic rings. The van der Waals surface area contributed by atoms with Crippen molar-refractivity contribution in [1.29, 1.82) is 0 Å². The summed E-state index contributed by atoms with van der Waals surface area (Å²) in [5, 5.41) is 20.5. The van der Waals surface area contributed by atoms with Crippen molar-refractivity contribution in [3.05, 3.63) is 63.1 Å². The minimum Gasteiger partial charge on any atom is -0.507 e. The van der Waals surface area contributed by atoms with Gasteiger partial charge < -0.3 is 10.2 Å². The van der Waals surface area contributed by atoms with Crippen LogP contribution in [0, 0.1) is 6.92 Å². The standard InChI is InChI=1S/C17H15Cl2NO3/c1-9-7-13(19)8-14(16(9)21)15(20-10(2)17(22)23)11-3-5-12(18)6-4-11/h3-8,10,21H,1-2H3,(H,22,23). The third kappa shape index (κ3) is 4.03. The molecule has 0 aliphatic heterocycles. The van der Waals surface area contributed by atoms with Gasteiger partial charge in [-0.3, -0.25) is 4.99 Å². The zero-order chi connectivity index (χ0) is 17.1. The highest BCUT2D eigenvalue weighted by molar-refractivity contribution is 6.32. The van der Waals surface area contributed by atoms with E-state index in [0.29, 0.717) is 32.4 Å². The van der Waals surface area contributed by atoms with Crippen molar-refractivity contribution < 1.29 is 15.0 Å². The number of benzene rings is 2. The number of hydrogen-bond acceptors (Lipinski definition) is 3. The number of carboxylic acids is 1. The topological polar surface area (TPSA) is 69.9 Å². The zero-order valence-electron chi connectivity index (χ0n) is 12.5. The predicted octanol–water partition coefficient (Wildman–Crippen LogP) is 4.32. The molecule has 0 amide bonds. The Bertz CT molecular complexity index is 770. The lowest BCUT2D eigenvalue weighted by molar-refractivity contribution is -0.137. The van der Waals surface area contributed by atoms with Crippen molar-refractivity contribution in [2.45, 2.75) is 19.9 Å². The molecule has 120 valence electrons. The number of aliphatic carboxylic acids is 1. The summed E-state index contributed by atoms with van der Waals surface area (Å²) in [5.74, 6) is -1.05. The Morgan fingerprint density at radius 3 is 2.30 bits per heavy atom. The van der Waals surface area contributed by atoms with E-state index in [4.69, 9.17) is 28.3 Å². The first-order valence-corrected chi connectivity index (χ1v) is 7.61. The highest BCUT2D eigenvalue weighted by atomic mass is 35.5. The van der Waals surface area contributed by atoms with Gasteiger partial charge in [-0.2, -0.15) is 0 Å². The zero-order valence-corrected chi connectivity index (χ0v) is 14.1. The molecule has 0 aromatic heterocycles. The van der Waals surface area contributed by atoms with Gasteiger partial charge in [-0.25, -0.2) is 4.79 Å². The number of phenols is 1. The molecule has 1 unspecified atom stereocenters. The number of nitrogens with zero attached hydrogens (tertiary/aromatic N) is 1. The van der Waals surface area contributed by atoms with Crippen LogP contribution in [0.5, 0.6) is 5.75 Å². The van der Waals surface area contributed by atoms with E-state index in [-0.39, 0.29) is 5.75 Å². The van der Waals surface area contributed by atoms with Crippen LogP contribution in [0.25, 0.3) is 0 Å². The highest BCUT2D eigenvalue weighted by Crippen LogP contribution is 2.29. The monoisotopic (exact) mass is 351 g/mol. The molecule has 1 atom stereocenters. The predicted molar refractivity (Wildman–Crippen MR) is 92.0 cm³/mol. The lowest BCUT2D eigenvalue weighted by atomic mass is 9.99. The van der Waals surface area contributed by atoms with E-state index in [2.05, 4.69) is 4.99 Å². The molecular weight excluding hydrogens is 337 g/mol. The lowest BCUT2D eigenvalue weighted by Gasteiger charge is -2.13. The lowest BCUT2D eigenvalue weighted by Crippen LogP contribution is -2.17. The highest BCUT2D eigenvalue weighted by Gasteiger charge is 2.18. The number of rotatable bonds is 4. The fraction of sp³-hybridized carbons (Fsp3) is 0.176. The third-order valence-corrected chi connectivity index (χ3v) is 3.79. The molecule has 0 spiro atoms. The van der Waals surface area contributed by atoms with E-state index in [9.17, 15) is 9.90 Å². The van der Waals surface area contributed by atoms with Gasteiger partial charge >= 0.3 is 5.97 Å². The Kier molecular flexibility index (Phi) is 5.29. The molecule has 0 radical (unpaired) electrons. The summed E-state index contributed by atoms with van der Waals surface area (Å²) in [6.07, 6.45) is 0. The smallest absolute Gasteiger partial charge is 0.328 e. The summed E-state index contributed by atoms with van der Waals surface area (Å²) < 4.78 is 0. The normalized spacial score (nSPS) is 13.0. The van der Waals surface area contributed by atoms with Crippen LogP contribution in [-0.2, 0) is 4.79 Å². The molecule has 0 saturated heterocycles. The van der Waals surface area contributed by atoms with Crippen molar-refractivity contribution in [1.82, 2.24) is 0 Å². The summed E-state index contributed by atoms with van der Waals surface area (Å²) >= 11 is 12.0. The van der Waals surface area contributed by atoms with Crippen LogP contribution in [0.2, 0.25) is 10.0 Å². The van der Waals surface area contributed by atoms with Crippen molar-refractivity contribution in [3.8, 4) is 5.75 Å². The van der Waals surface area contributed by atoms with Gasteiger partial charge in [-0.05, 0) is 43.7 Å². The minimum atomic E-state index is -1.06. The Morgan fingerprint density at radius 1 is 1.13 bits per heavy atom. The number of hydrogen-bond donors (Lipinski definition) is 2. The van der Waals surface area contributed by atoms with Crippen LogP contribution in [0.1, 0.15) is 23.6 Å². The van der Waals surface area contributed by atoms with Gasteiger partial charge in [0.25, 0.3) is 0 Å². The number of aromatic hydroxyl groups is 1. The van der Waals surface area contributed by atoms with Crippen LogP contribution in [0.4, 0.5) is 0 Å². The first-order valence-electron chi connectivity index (χ1n) is 6.85. The molecule has 2 N–H and O–H groups in total. The van der Waals surface area contributed by atoms with Gasteiger partial charge in [0.05, 0.1) is 5.71 Å². The number of halogens is 2. The fourth-order valence-electron chi connectivity index (χ4n) is 2.07. The third-order valence-electron chi connectivity index (χ3n) is 3.32. The summed E-state index contributed by atoms with van der Waals surface area (Å²) in [4.78, 5) is 15.4. The van der Waals surface area contributed by atoms with Crippen LogP contribution in [0.3, 0.4) is 0 Å². The van der Waals surface area contributed by atoms with Crippen LogP contribution >= 0.6 is 23.2 Å². The Labute approximate surface area is 144 Å². The number of carboxylic acid groups (broad SMARTS) is 1. The Balaban J connectivity index is 2.68. The van der Waals surface area contributed by atoms with E-state index < -0.39 is 12.0 Å². The maximum atomic E-state index is 11.2. The van der Waals surface area contributed by atoms with Gasteiger partial charge in [-0.1, -0.05) is 35.3 Å². The first kappa shape index (κ1) is 17.3. The fourth-order valence-corrected chi connectivity index (χ4v) is 2.47. The molecule has 4 nitrogen and oxygen atoms in total. The van der Waals surface area contributed by atoms with E-state index >= 15 is 0 Å². The quantitative estimate of drug-likeness (QED) is 0.806. The molecule has 2 aromatic carbocycles. The molecule has 2 aromatic rings. The summed E-state index contributed by atoms with van der Waals surface area (Å²) in [6.45, 7) is 3.18. The van der Waals surface area contributed by atoms with Gasteiger partial charge in [0.15, 0.2) is 0 Å². The summed E-state index contributed by atoms with van der Waals surface area (Å²) in [6, 6.07) is 8.99. The first-order chi connectivity index (χ1) is 10.8. The number of aliphatic imine (C=N–C) groups is 1. The van der Waals surface area contributed by atoms with E-state index in [0.717, 1.165) is 0 Å². The average molecular weight is 352 g/mol. The number of aryl methyl sites for hydroxylation is 1. The van der Waals surface area contributed by atoms with Gasteiger partial charge in [0.1, 0.15) is 11.8 Å². The molecule has 6 heteroatoms. The van der Waals surface area contributed by atoms with Crippen LogP contribution in [-0.4, -0.2) is 27.9 Å². The molecular formula is C17H15Cl2NO3. The van der Waals surface area contributed by atoms with Crippen LogP contribution < -0.4 is 0 Å². The molecule has 23 heavy (non-hydrogen) atoms. The summed E-state index contributed by atoms with van der Waals surface area (Å²) in [5.41, 5.74) is 1.95. The molecule has 2 rings (SSSR count). The van der Waals surface area contributed by atoms with Crippen molar-refractivity contribution in [2.24, 2.45) is 4.99 Å². The largest absolute Gasteiger partial charge is 0.507 e.